The average Bonchev–Trinajstić information content (AvgIpc) is 2.52. The molecule has 0 aromatic heterocycles. The SMILES string of the molecule is COc1ccc(/C(C)=N\NC(=O)c2ccccc2Cl)c(O)c1. The van der Waals surface area contributed by atoms with Gasteiger partial charge in [0.25, 0.3) is 5.91 Å². The fourth-order valence-corrected chi connectivity index (χ4v) is 2.07. The molecule has 2 aromatic rings. The van der Waals surface area contributed by atoms with Crippen LogP contribution in [0.5, 0.6) is 11.5 Å². The molecule has 114 valence electrons. The molecule has 2 aromatic carbocycles. The number of nitrogens with zero attached hydrogens (tertiary/aromatic N) is 1. The number of methoxy groups -OCH3 is 1. The number of carbonyl (C=O) groups excluding carboxylic acids is 1. The number of hydrogen-bond acceptors (Lipinski definition) is 4. The third-order valence-electron chi connectivity index (χ3n) is 3.04. The average molecular weight is 319 g/mol. The van der Waals surface area contributed by atoms with Gasteiger partial charge in [0.05, 0.1) is 23.4 Å². The molecule has 0 saturated heterocycles. The summed E-state index contributed by atoms with van der Waals surface area (Å²) in [5.74, 6) is 0.139. The lowest BCUT2D eigenvalue weighted by Gasteiger charge is -2.07. The maximum absolute atomic E-state index is 12.0. The van der Waals surface area contributed by atoms with E-state index >= 15 is 0 Å². The largest absolute Gasteiger partial charge is 0.507 e. The first-order chi connectivity index (χ1) is 10.5. The second kappa shape index (κ2) is 6.95. The highest BCUT2D eigenvalue weighted by Crippen LogP contribution is 2.23. The van der Waals surface area contributed by atoms with Crippen molar-refractivity contribution < 1.29 is 14.6 Å². The Labute approximate surface area is 133 Å². The van der Waals surface area contributed by atoms with Gasteiger partial charge < -0.3 is 9.84 Å². The number of nitrogens with one attached hydrogen (secondary N) is 1. The van der Waals surface area contributed by atoms with Gasteiger partial charge in [0, 0.05) is 11.6 Å². The predicted octanol–water partition coefficient (Wildman–Crippen LogP) is 3.21. The number of phenolic OH excluding ortho intramolecular Hbond substituents is 1. The molecule has 0 aliphatic carbocycles. The Balaban J connectivity index is 2.16. The van der Waals surface area contributed by atoms with Crippen molar-refractivity contribution in [1.82, 2.24) is 5.43 Å². The van der Waals surface area contributed by atoms with Gasteiger partial charge in [-0.2, -0.15) is 5.10 Å². The van der Waals surface area contributed by atoms with Crippen LogP contribution in [0.25, 0.3) is 0 Å². The van der Waals surface area contributed by atoms with Gasteiger partial charge in [0.2, 0.25) is 0 Å². The highest BCUT2D eigenvalue weighted by Gasteiger charge is 2.10. The lowest BCUT2D eigenvalue weighted by Crippen LogP contribution is -2.19. The van der Waals surface area contributed by atoms with Crippen molar-refractivity contribution in [2.75, 3.05) is 7.11 Å². The van der Waals surface area contributed by atoms with Crippen LogP contribution >= 0.6 is 11.6 Å². The van der Waals surface area contributed by atoms with Gasteiger partial charge in [-0.3, -0.25) is 4.79 Å². The molecule has 0 fully saturated rings. The molecule has 0 atom stereocenters. The fourth-order valence-electron chi connectivity index (χ4n) is 1.84. The molecule has 0 spiro atoms. The Bertz CT molecular complexity index is 729. The van der Waals surface area contributed by atoms with Crippen LogP contribution < -0.4 is 10.2 Å². The lowest BCUT2D eigenvalue weighted by atomic mass is 10.1. The van der Waals surface area contributed by atoms with Crippen LogP contribution in [0.2, 0.25) is 5.02 Å². The molecule has 0 bridgehead atoms. The molecule has 2 rings (SSSR count). The molecule has 1 amide bonds. The summed E-state index contributed by atoms with van der Waals surface area (Å²) in [5.41, 5.74) is 3.71. The highest BCUT2D eigenvalue weighted by atomic mass is 35.5. The number of carbonyl (C=O) groups is 1. The number of halogens is 1. The van der Waals surface area contributed by atoms with Crippen LogP contribution in [-0.4, -0.2) is 23.8 Å². The van der Waals surface area contributed by atoms with Gasteiger partial charge in [-0.1, -0.05) is 23.7 Å². The normalized spacial score (nSPS) is 11.1. The van der Waals surface area contributed by atoms with Gasteiger partial charge >= 0.3 is 0 Å². The third kappa shape index (κ3) is 3.56. The molecule has 0 radical (unpaired) electrons. The van der Waals surface area contributed by atoms with Crippen molar-refractivity contribution in [3.63, 3.8) is 0 Å². The molecule has 6 heteroatoms. The third-order valence-corrected chi connectivity index (χ3v) is 3.37. The molecule has 22 heavy (non-hydrogen) atoms. The Hall–Kier alpha value is -2.53. The number of benzene rings is 2. The summed E-state index contributed by atoms with van der Waals surface area (Å²) in [6.45, 7) is 1.68. The smallest absolute Gasteiger partial charge is 0.272 e. The highest BCUT2D eigenvalue weighted by molar-refractivity contribution is 6.33. The molecule has 0 heterocycles. The minimum absolute atomic E-state index is 0.0209. The number of hydrazone groups is 1. The number of ether oxygens (including phenoxy) is 1. The summed E-state index contributed by atoms with van der Waals surface area (Å²) in [6, 6.07) is 11.5. The van der Waals surface area contributed by atoms with E-state index in [2.05, 4.69) is 10.5 Å². The number of phenols is 1. The Kier molecular flexibility index (Phi) is 5.01. The van der Waals surface area contributed by atoms with E-state index in [1.165, 1.54) is 13.2 Å². The molecule has 2 N–H and O–H groups in total. The molecule has 0 saturated carbocycles. The Morgan fingerprint density at radius 2 is 1.95 bits per heavy atom. The van der Waals surface area contributed by atoms with Gasteiger partial charge in [-0.05, 0) is 31.2 Å². The summed E-state index contributed by atoms with van der Waals surface area (Å²) in [6.07, 6.45) is 0. The minimum atomic E-state index is -0.419. The van der Waals surface area contributed by atoms with Crippen LogP contribution in [0.3, 0.4) is 0 Å². The van der Waals surface area contributed by atoms with Crippen molar-refractivity contribution in [3.05, 3.63) is 58.6 Å². The predicted molar refractivity (Wildman–Crippen MR) is 85.8 cm³/mol. The number of rotatable bonds is 4. The fraction of sp³-hybridized carbons (Fsp3) is 0.125. The van der Waals surface area contributed by atoms with Crippen molar-refractivity contribution in [3.8, 4) is 11.5 Å². The van der Waals surface area contributed by atoms with Crippen LogP contribution in [0, 0.1) is 0 Å². The molecule has 0 aliphatic heterocycles. The van der Waals surface area contributed by atoms with E-state index in [9.17, 15) is 9.90 Å². The summed E-state index contributed by atoms with van der Waals surface area (Å²) < 4.78 is 5.01. The van der Waals surface area contributed by atoms with Gasteiger partial charge in [0.15, 0.2) is 0 Å². The summed E-state index contributed by atoms with van der Waals surface area (Å²) in [5, 5.41) is 14.3. The van der Waals surface area contributed by atoms with Gasteiger partial charge in [-0.25, -0.2) is 5.43 Å². The molecule has 0 unspecified atom stereocenters. The monoisotopic (exact) mass is 318 g/mol. The number of amides is 1. The maximum atomic E-state index is 12.0. The number of hydrogen-bond donors (Lipinski definition) is 2. The van der Waals surface area contributed by atoms with Crippen LogP contribution in [0.1, 0.15) is 22.8 Å². The maximum Gasteiger partial charge on any atom is 0.272 e. The minimum Gasteiger partial charge on any atom is -0.507 e. The summed E-state index contributed by atoms with van der Waals surface area (Å²) >= 11 is 5.95. The lowest BCUT2D eigenvalue weighted by molar-refractivity contribution is 0.0955. The van der Waals surface area contributed by atoms with Crippen molar-refractivity contribution in [2.45, 2.75) is 6.92 Å². The van der Waals surface area contributed by atoms with Gasteiger partial charge in [-0.15, -0.1) is 0 Å². The second-order valence-electron chi connectivity index (χ2n) is 4.50. The first-order valence-electron chi connectivity index (χ1n) is 6.49. The van der Waals surface area contributed by atoms with E-state index in [1.807, 2.05) is 0 Å². The van der Waals surface area contributed by atoms with Crippen molar-refractivity contribution >= 4 is 23.2 Å². The van der Waals surface area contributed by atoms with Crippen LogP contribution in [0.15, 0.2) is 47.6 Å². The van der Waals surface area contributed by atoms with E-state index in [4.69, 9.17) is 16.3 Å². The van der Waals surface area contributed by atoms with E-state index in [1.54, 1.807) is 43.3 Å². The van der Waals surface area contributed by atoms with Crippen molar-refractivity contribution in [1.29, 1.82) is 0 Å². The zero-order valence-corrected chi connectivity index (χ0v) is 12.9. The first-order valence-corrected chi connectivity index (χ1v) is 6.87. The second-order valence-corrected chi connectivity index (χ2v) is 4.91. The summed E-state index contributed by atoms with van der Waals surface area (Å²) in [4.78, 5) is 12.0. The molecular weight excluding hydrogens is 304 g/mol. The van der Waals surface area contributed by atoms with E-state index in [0.29, 0.717) is 27.6 Å². The van der Waals surface area contributed by atoms with Crippen LogP contribution in [-0.2, 0) is 0 Å². The molecular formula is C16H15ClN2O3. The topological polar surface area (TPSA) is 70.9 Å². The number of aromatic hydroxyl groups is 1. The standard InChI is InChI=1S/C16H15ClN2O3/c1-10(12-8-7-11(22-2)9-15(12)20)18-19-16(21)13-5-3-4-6-14(13)17/h3-9,20H,1-2H3,(H,19,21)/b18-10-. The quantitative estimate of drug-likeness (QED) is 0.671. The molecule has 5 nitrogen and oxygen atoms in total. The summed E-state index contributed by atoms with van der Waals surface area (Å²) in [7, 11) is 1.51. The zero-order chi connectivity index (χ0) is 16.1. The molecule has 0 aliphatic rings. The van der Waals surface area contributed by atoms with Crippen LogP contribution in [0.4, 0.5) is 0 Å². The van der Waals surface area contributed by atoms with E-state index in [0.717, 1.165) is 0 Å². The van der Waals surface area contributed by atoms with Gasteiger partial charge in [0.1, 0.15) is 11.5 Å². The Morgan fingerprint density at radius 3 is 2.59 bits per heavy atom. The zero-order valence-electron chi connectivity index (χ0n) is 12.1. The van der Waals surface area contributed by atoms with E-state index < -0.39 is 5.91 Å². The first kappa shape index (κ1) is 15.9. The Morgan fingerprint density at radius 1 is 1.23 bits per heavy atom. The van der Waals surface area contributed by atoms with E-state index in [-0.39, 0.29) is 5.75 Å². The van der Waals surface area contributed by atoms with Crippen molar-refractivity contribution in [2.24, 2.45) is 5.10 Å².